The van der Waals surface area contributed by atoms with Crippen LogP contribution in [0, 0.1) is 0 Å². The molecule has 1 atom stereocenters. The first-order valence-electron chi connectivity index (χ1n) is 9.43. The molecule has 0 spiro atoms. The van der Waals surface area contributed by atoms with Crippen LogP contribution in [0.2, 0.25) is 5.02 Å². The second-order valence-corrected chi connectivity index (χ2v) is 7.56. The normalized spacial score (nSPS) is 17.6. The van der Waals surface area contributed by atoms with E-state index in [2.05, 4.69) is 27.1 Å². The number of likely N-dealkylation sites (tertiary alicyclic amines) is 1. The zero-order chi connectivity index (χ0) is 19.5. The number of ether oxygens (including phenoxy) is 1. The van der Waals surface area contributed by atoms with E-state index in [1.54, 1.807) is 7.11 Å². The molecule has 0 radical (unpaired) electrons. The van der Waals surface area contributed by atoms with Gasteiger partial charge in [0.25, 0.3) is 0 Å². The van der Waals surface area contributed by atoms with E-state index in [0.29, 0.717) is 0 Å². The number of nitrogens with zero attached hydrogens (tertiary/aromatic N) is 3. The van der Waals surface area contributed by atoms with Crippen LogP contribution in [0.25, 0.3) is 5.69 Å². The summed E-state index contributed by atoms with van der Waals surface area (Å²) in [5, 5.41) is 5.33. The highest BCUT2D eigenvalue weighted by Crippen LogP contribution is 2.25. The van der Waals surface area contributed by atoms with E-state index >= 15 is 0 Å². The van der Waals surface area contributed by atoms with Gasteiger partial charge in [0.15, 0.2) is 0 Å². The van der Waals surface area contributed by atoms with Gasteiger partial charge in [0.1, 0.15) is 11.6 Å². The molecule has 1 aromatic heterocycles. The molecule has 0 saturated carbocycles. The molecular weight excluding hydrogens is 376 g/mol. The predicted octanol–water partition coefficient (Wildman–Crippen LogP) is 3.60. The maximum atomic E-state index is 12.4. The standard InChI is InChI=1S/C21H23ClN4O2/c1-28-19-10-8-18(9-11-19)26-21(27)23-20(24-26)16-3-2-12-25(14-16)13-15-4-6-17(22)7-5-15/h4-11,16H,2-3,12-14H2,1H3,(H,23,24,27). The maximum Gasteiger partial charge on any atom is 0.348 e. The molecule has 1 N–H and O–H groups in total. The Bertz CT molecular complexity index is 979. The second kappa shape index (κ2) is 8.20. The number of aromatic nitrogens is 3. The molecular formula is C21H23ClN4O2. The van der Waals surface area contributed by atoms with Crippen molar-refractivity contribution in [3.8, 4) is 11.4 Å². The van der Waals surface area contributed by atoms with Gasteiger partial charge in [-0.3, -0.25) is 9.88 Å². The fraction of sp³-hybridized carbons (Fsp3) is 0.333. The Morgan fingerprint density at radius 3 is 2.64 bits per heavy atom. The largest absolute Gasteiger partial charge is 0.497 e. The summed E-state index contributed by atoms with van der Waals surface area (Å²) >= 11 is 5.98. The fourth-order valence-electron chi connectivity index (χ4n) is 3.69. The van der Waals surface area contributed by atoms with Gasteiger partial charge < -0.3 is 4.74 Å². The third-order valence-corrected chi connectivity index (χ3v) is 5.42. The zero-order valence-electron chi connectivity index (χ0n) is 15.8. The fourth-order valence-corrected chi connectivity index (χ4v) is 3.82. The summed E-state index contributed by atoms with van der Waals surface area (Å²) in [6.45, 7) is 2.79. The van der Waals surface area contributed by atoms with E-state index in [1.807, 2.05) is 36.4 Å². The molecule has 0 aliphatic carbocycles. The monoisotopic (exact) mass is 398 g/mol. The minimum atomic E-state index is -0.213. The van der Waals surface area contributed by atoms with Crippen molar-refractivity contribution in [1.82, 2.24) is 19.7 Å². The number of nitrogens with one attached hydrogen (secondary N) is 1. The highest BCUT2D eigenvalue weighted by Gasteiger charge is 2.25. The van der Waals surface area contributed by atoms with Crippen LogP contribution in [0.1, 0.15) is 30.1 Å². The summed E-state index contributed by atoms with van der Waals surface area (Å²) in [5.74, 6) is 1.72. The predicted molar refractivity (Wildman–Crippen MR) is 109 cm³/mol. The van der Waals surface area contributed by atoms with Gasteiger partial charge in [-0.15, -0.1) is 5.10 Å². The second-order valence-electron chi connectivity index (χ2n) is 7.13. The number of rotatable bonds is 5. The Hall–Kier alpha value is -2.57. The Morgan fingerprint density at radius 1 is 1.18 bits per heavy atom. The number of methoxy groups -OCH3 is 1. The van der Waals surface area contributed by atoms with E-state index in [0.717, 1.165) is 54.8 Å². The molecule has 1 unspecified atom stereocenters. The van der Waals surface area contributed by atoms with Crippen molar-refractivity contribution in [2.24, 2.45) is 0 Å². The van der Waals surface area contributed by atoms with Crippen LogP contribution in [0.5, 0.6) is 5.75 Å². The maximum absolute atomic E-state index is 12.4. The van der Waals surface area contributed by atoms with E-state index in [4.69, 9.17) is 16.3 Å². The van der Waals surface area contributed by atoms with Gasteiger partial charge in [-0.05, 0) is 61.3 Å². The lowest BCUT2D eigenvalue weighted by Gasteiger charge is -2.31. The molecule has 28 heavy (non-hydrogen) atoms. The van der Waals surface area contributed by atoms with Crippen LogP contribution < -0.4 is 10.4 Å². The number of hydrogen-bond acceptors (Lipinski definition) is 4. The van der Waals surface area contributed by atoms with Gasteiger partial charge in [-0.1, -0.05) is 23.7 Å². The molecule has 2 aromatic carbocycles. The smallest absolute Gasteiger partial charge is 0.348 e. The lowest BCUT2D eigenvalue weighted by Crippen LogP contribution is -2.34. The summed E-state index contributed by atoms with van der Waals surface area (Å²) in [6.07, 6.45) is 2.10. The van der Waals surface area contributed by atoms with Crippen LogP contribution >= 0.6 is 11.6 Å². The van der Waals surface area contributed by atoms with Crippen LogP contribution in [0.3, 0.4) is 0 Å². The van der Waals surface area contributed by atoms with Gasteiger partial charge >= 0.3 is 5.69 Å². The average molecular weight is 399 g/mol. The first-order chi connectivity index (χ1) is 13.6. The average Bonchev–Trinajstić information content (AvgIpc) is 3.12. The zero-order valence-corrected chi connectivity index (χ0v) is 16.5. The van der Waals surface area contributed by atoms with Gasteiger partial charge in [0, 0.05) is 24.0 Å². The Morgan fingerprint density at radius 2 is 1.93 bits per heavy atom. The van der Waals surface area contributed by atoms with Gasteiger partial charge in [-0.2, -0.15) is 4.68 Å². The molecule has 0 amide bonds. The molecule has 1 aliphatic rings. The SMILES string of the molecule is COc1ccc(-n2nc(C3CCCN(Cc4ccc(Cl)cc4)C3)[nH]c2=O)cc1. The molecule has 1 fully saturated rings. The van der Waals surface area contributed by atoms with Crippen LogP contribution in [0.15, 0.2) is 53.3 Å². The van der Waals surface area contributed by atoms with Crippen molar-refractivity contribution >= 4 is 11.6 Å². The summed E-state index contributed by atoms with van der Waals surface area (Å²) in [6, 6.07) is 15.3. The van der Waals surface area contributed by atoms with Crippen LogP contribution in [-0.4, -0.2) is 39.9 Å². The highest BCUT2D eigenvalue weighted by atomic mass is 35.5. The van der Waals surface area contributed by atoms with Crippen LogP contribution in [0.4, 0.5) is 0 Å². The summed E-state index contributed by atoms with van der Waals surface area (Å²) in [7, 11) is 1.62. The minimum absolute atomic E-state index is 0.213. The molecule has 0 bridgehead atoms. The lowest BCUT2D eigenvalue weighted by molar-refractivity contribution is 0.196. The minimum Gasteiger partial charge on any atom is -0.497 e. The first-order valence-corrected chi connectivity index (χ1v) is 9.80. The van der Waals surface area contributed by atoms with E-state index < -0.39 is 0 Å². The first kappa shape index (κ1) is 18.8. The van der Waals surface area contributed by atoms with Crippen LogP contribution in [-0.2, 0) is 6.54 Å². The van der Waals surface area contributed by atoms with Gasteiger partial charge in [0.05, 0.1) is 12.8 Å². The van der Waals surface area contributed by atoms with Crippen molar-refractivity contribution in [1.29, 1.82) is 0 Å². The number of halogens is 1. The van der Waals surface area contributed by atoms with Crippen molar-refractivity contribution in [3.05, 3.63) is 75.4 Å². The summed E-state index contributed by atoms with van der Waals surface area (Å²) in [5.41, 5.74) is 1.75. The highest BCUT2D eigenvalue weighted by molar-refractivity contribution is 6.30. The lowest BCUT2D eigenvalue weighted by atomic mass is 9.97. The Balaban J connectivity index is 1.49. The molecule has 3 aromatic rings. The molecule has 1 aliphatic heterocycles. The topological polar surface area (TPSA) is 63.1 Å². The number of benzene rings is 2. The van der Waals surface area contributed by atoms with E-state index in [-0.39, 0.29) is 11.6 Å². The Labute approximate surface area is 168 Å². The van der Waals surface area contributed by atoms with Crippen molar-refractivity contribution in [2.75, 3.05) is 20.2 Å². The van der Waals surface area contributed by atoms with Gasteiger partial charge in [0.2, 0.25) is 0 Å². The molecule has 4 rings (SSSR count). The third-order valence-electron chi connectivity index (χ3n) is 5.16. The van der Waals surface area contributed by atoms with Crippen molar-refractivity contribution in [3.63, 3.8) is 0 Å². The quantitative estimate of drug-likeness (QED) is 0.713. The number of H-pyrrole nitrogens is 1. The number of aromatic amines is 1. The number of piperidine rings is 1. The van der Waals surface area contributed by atoms with Gasteiger partial charge in [-0.25, -0.2) is 4.79 Å². The molecule has 1 saturated heterocycles. The molecule has 146 valence electrons. The van der Waals surface area contributed by atoms with Crippen molar-refractivity contribution < 1.29 is 4.74 Å². The summed E-state index contributed by atoms with van der Waals surface area (Å²) < 4.78 is 6.60. The number of hydrogen-bond donors (Lipinski definition) is 1. The molecule has 6 nitrogen and oxygen atoms in total. The molecule has 2 heterocycles. The van der Waals surface area contributed by atoms with E-state index in [1.165, 1.54) is 10.2 Å². The molecule has 7 heteroatoms. The third kappa shape index (κ3) is 4.13. The van der Waals surface area contributed by atoms with Crippen molar-refractivity contribution in [2.45, 2.75) is 25.3 Å². The van der Waals surface area contributed by atoms with E-state index in [9.17, 15) is 4.79 Å². The summed E-state index contributed by atoms with van der Waals surface area (Å²) in [4.78, 5) is 17.8. The Kier molecular flexibility index (Phi) is 5.50.